The van der Waals surface area contributed by atoms with Gasteiger partial charge < -0.3 is 10.0 Å². The first-order valence-corrected chi connectivity index (χ1v) is 5.27. The second-order valence-electron chi connectivity index (χ2n) is 3.52. The zero-order valence-electron chi connectivity index (χ0n) is 10.5. The molecule has 0 fully saturated rings. The maximum absolute atomic E-state index is 10.6. The Labute approximate surface area is 107 Å². The van der Waals surface area contributed by atoms with E-state index in [0.29, 0.717) is 0 Å². The molecule has 0 unspecified atom stereocenters. The van der Waals surface area contributed by atoms with Crippen LogP contribution in [0, 0.1) is 0 Å². The zero-order valence-corrected chi connectivity index (χ0v) is 10.5. The van der Waals surface area contributed by atoms with Gasteiger partial charge in [-0.3, -0.25) is 4.79 Å². The third-order valence-corrected chi connectivity index (χ3v) is 1.84. The van der Waals surface area contributed by atoms with Gasteiger partial charge in [0, 0.05) is 26.2 Å². The zero-order chi connectivity index (χ0) is 14.0. The Morgan fingerprint density at radius 3 is 2.06 bits per heavy atom. The molecule has 1 rings (SSSR count). The van der Waals surface area contributed by atoms with E-state index in [0.717, 1.165) is 12.2 Å². The lowest BCUT2D eigenvalue weighted by Gasteiger charge is -2.03. The average molecular weight is 247 g/mol. The van der Waals surface area contributed by atoms with Gasteiger partial charge in [-0.25, -0.2) is 4.79 Å². The highest BCUT2D eigenvalue weighted by molar-refractivity contribution is 5.93. The van der Waals surface area contributed by atoms with Crippen LogP contribution in [0.3, 0.4) is 0 Å². The fraction of sp³-hybridized carbons (Fsp3) is 0.143. The molecule has 0 radical (unpaired) electrons. The number of carbonyl (C=O) groups excluding carboxylic acids is 1. The van der Waals surface area contributed by atoms with Crippen molar-refractivity contribution in [1.29, 1.82) is 0 Å². The molecular formula is C14H17NO3. The Morgan fingerprint density at radius 1 is 1.17 bits per heavy atom. The molecule has 4 heteroatoms. The van der Waals surface area contributed by atoms with Crippen LogP contribution in [-0.4, -0.2) is 36.0 Å². The molecule has 18 heavy (non-hydrogen) atoms. The summed E-state index contributed by atoms with van der Waals surface area (Å²) < 4.78 is 0. The van der Waals surface area contributed by atoms with E-state index in [1.807, 2.05) is 36.4 Å². The van der Waals surface area contributed by atoms with Crippen molar-refractivity contribution in [3.63, 3.8) is 0 Å². The summed E-state index contributed by atoms with van der Waals surface area (Å²) in [6.07, 6.45) is 3.64. The minimum absolute atomic E-state index is 0.331. The molecule has 1 aromatic carbocycles. The molecule has 4 nitrogen and oxygen atoms in total. The molecule has 0 heterocycles. The van der Waals surface area contributed by atoms with Gasteiger partial charge in [-0.15, -0.1) is 0 Å². The fourth-order valence-electron chi connectivity index (χ4n) is 0.881. The van der Waals surface area contributed by atoms with Crippen molar-refractivity contribution in [3.05, 3.63) is 54.6 Å². The molecule has 0 aromatic heterocycles. The normalized spacial score (nSPS) is 9.22. The van der Waals surface area contributed by atoms with E-state index in [4.69, 9.17) is 5.11 Å². The van der Waals surface area contributed by atoms with Crippen LogP contribution in [-0.2, 0) is 9.59 Å². The number of hydrogen-bond acceptors (Lipinski definition) is 2. The predicted molar refractivity (Wildman–Crippen MR) is 72.0 cm³/mol. The lowest BCUT2D eigenvalue weighted by molar-refractivity contribution is -0.132. The number of likely N-dealkylation sites (N-methyl/N-ethyl adjacent to an activating group) is 1. The standard InChI is InChI=1S/C8H8.C6H9NO3/c1-2-8-6-4-3-5-7-8;1-7(2)5(8)3-4-6(9)10/h2-7H,1H2;3-4H,1-2H3,(H,9,10)/b;4-3+. The van der Waals surface area contributed by atoms with Crippen LogP contribution in [0.2, 0.25) is 0 Å². The van der Waals surface area contributed by atoms with Crippen molar-refractivity contribution in [1.82, 2.24) is 4.90 Å². The molecule has 0 saturated heterocycles. The van der Waals surface area contributed by atoms with E-state index in [9.17, 15) is 9.59 Å². The largest absolute Gasteiger partial charge is 0.478 e. The highest BCUT2D eigenvalue weighted by Gasteiger charge is 1.97. The quantitative estimate of drug-likeness (QED) is 0.832. The molecule has 0 aliphatic carbocycles. The molecule has 96 valence electrons. The monoisotopic (exact) mass is 247 g/mol. The summed E-state index contributed by atoms with van der Waals surface area (Å²) in [4.78, 5) is 21.8. The number of carbonyl (C=O) groups is 2. The van der Waals surface area contributed by atoms with Gasteiger partial charge in [0.25, 0.3) is 0 Å². The maximum Gasteiger partial charge on any atom is 0.328 e. The van der Waals surface area contributed by atoms with Gasteiger partial charge in [0.15, 0.2) is 0 Å². The summed E-state index contributed by atoms with van der Waals surface area (Å²) in [6, 6.07) is 10.0. The molecule has 1 amide bonds. The molecule has 1 N–H and O–H groups in total. The summed E-state index contributed by atoms with van der Waals surface area (Å²) >= 11 is 0. The van der Waals surface area contributed by atoms with Gasteiger partial charge in [0.2, 0.25) is 5.91 Å². The van der Waals surface area contributed by atoms with E-state index in [1.54, 1.807) is 14.1 Å². The van der Waals surface area contributed by atoms with Gasteiger partial charge in [-0.2, -0.15) is 0 Å². The number of hydrogen-bond donors (Lipinski definition) is 1. The molecule has 0 atom stereocenters. The molecule has 0 aliphatic rings. The van der Waals surface area contributed by atoms with Crippen LogP contribution in [0.4, 0.5) is 0 Å². The Kier molecular flexibility index (Phi) is 7.61. The Morgan fingerprint density at radius 2 is 1.72 bits per heavy atom. The van der Waals surface area contributed by atoms with Crippen molar-refractivity contribution >= 4 is 18.0 Å². The fourth-order valence-corrected chi connectivity index (χ4v) is 0.881. The predicted octanol–water partition coefficient (Wildman–Crippen LogP) is 2.04. The summed E-state index contributed by atoms with van der Waals surface area (Å²) in [6.45, 7) is 3.63. The molecular weight excluding hydrogens is 230 g/mol. The highest BCUT2D eigenvalue weighted by Crippen LogP contribution is 1.97. The summed E-state index contributed by atoms with van der Waals surface area (Å²) in [5, 5.41) is 8.09. The topological polar surface area (TPSA) is 57.6 Å². The van der Waals surface area contributed by atoms with Crippen LogP contribution in [0.15, 0.2) is 49.1 Å². The number of carboxylic acids is 1. The number of amides is 1. The van der Waals surface area contributed by atoms with Gasteiger partial charge in [0.1, 0.15) is 0 Å². The van der Waals surface area contributed by atoms with Crippen LogP contribution < -0.4 is 0 Å². The van der Waals surface area contributed by atoms with Gasteiger partial charge in [-0.1, -0.05) is 43.0 Å². The Hall–Kier alpha value is -2.36. The summed E-state index contributed by atoms with van der Waals surface area (Å²) in [5.41, 5.74) is 1.17. The van der Waals surface area contributed by atoms with Crippen LogP contribution in [0.1, 0.15) is 5.56 Å². The average Bonchev–Trinajstić information content (AvgIpc) is 2.37. The van der Waals surface area contributed by atoms with E-state index < -0.39 is 5.97 Å². The van der Waals surface area contributed by atoms with Crippen molar-refractivity contribution in [2.24, 2.45) is 0 Å². The first kappa shape index (κ1) is 15.6. The second kappa shape index (κ2) is 8.75. The van der Waals surface area contributed by atoms with Crippen molar-refractivity contribution in [3.8, 4) is 0 Å². The van der Waals surface area contributed by atoms with Crippen LogP contribution in [0.25, 0.3) is 6.08 Å². The SMILES string of the molecule is C=Cc1ccccc1.CN(C)C(=O)/C=C/C(=O)O. The molecule has 0 spiro atoms. The smallest absolute Gasteiger partial charge is 0.328 e. The molecule has 0 bridgehead atoms. The first-order chi connectivity index (χ1) is 8.47. The number of carboxylic acid groups (broad SMARTS) is 1. The number of aliphatic carboxylic acids is 1. The maximum atomic E-state index is 10.6. The molecule has 0 saturated carbocycles. The van der Waals surface area contributed by atoms with Gasteiger partial charge >= 0.3 is 5.97 Å². The molecule has 1 aromatic rings. The van der Waals surface area contributed by atoms with E-state index in [-0.39, 0.29) is 5.91 Å². The van der Waals surface area contributed by atoms with E-state index in [2.05, 4.69) is 6.58 Å². The summed E-state index contributed by atoms with van der Waals surface area (Å²) in [5.74, 6) is -1.45. The highest BCUT2D eigenvalue weighted by atomic mass is 16.4. The lowest BCUT2D eigenvalue weighted by atomic mass is 10.2. The molecule has 0 aliphatic heterocycles. The van der Waals surface area contributed by atoms with Crippen molar-refractivity contribution in [2.75, 3.05) is 14.1 Å². The summed E-state index contributed by atoms with van der Waals surface area (Å²) in [7, 11) is 3.10. The third kappa shape index (κ3) is 7.87. The minimum Gasteiger partial charge on any atom is -0.478 e. The van der Waals surface area contributed by atoms with Crippen molar-refractivity contribution in [2.45, 2.75) is 0 Å². The minimum atomic E-state index is -1.12. The number of benzene rings is 1. The first-order valence-electron chi connectivity index (χ1n) is 5.27. The van der Waals surface area contributed by atoms with Crippen LogP contribution in [0.5, 0.6) is 0 Å². The van der Waals surface area contributed by atoms with Crippen molar-refractivity contribution < 1.29 is 14.7 Å². The van der Waals surface area contributed by atoms with Gasteiger partial charge in [-0.05, 0) is 5.56 Å². The number of rotatable bonds is 3. The van der Waals surface area contributed by atoms with E-state index in [1.165, 1.54) is 10.5 Å². The Bertz CT molecular complexity index is 422. The Balaban J connectivity index is 0.000000327. The van der Waals surface area contributed by atoms with Crippen LogP contribution >= 0.6 is 0 Å². The number of nitrogens with zero attached hydrogens (tertiary/aromatic N) is 1. The third-order valence-electron chi connectivity index (χ3n) is 1.84. The van der Waals surface area contributed by atoms with E-state index >= 15 is 0 Å². The lowest BCUT2D eigenvalue weighted by Crippen LogP contribution is -2.19. The van der Waals surface area contributed by atoms with Gasteiger partial charge in [0.05, 0.1) is 0 Å². The second-order valence-corrected chi connectivity index (χ2v) is 3.52.